The highest BCUT2D eigenvalue weighted by Crippen LogP contribution is 2.35. The third kappa shape index (κ3) is 1.67. The van der Waals surface area contributed by atoms with Crippen LogP contribution in [0.15, 0.2) is 18.7 Å². The number of aromatic carboxylic acids is 1. The topological polar surface area (TPSA) is 67.5 Å². The highest BCUT2D eigenvalue weighted by Gasteiger charge is 2.21. The molecule has 2 heterocycles. The molecule has 1 fully saturated rings. The van der Waals surface area contributed by atoms with Crippen LogP contribution < -0.4 is 0 Å². The monoisotopic (exact) mass is 231 g/mol. The van der Waals surface area contributed by atoms with Gasteiger partial charge < -0.3 is 5.11 Å². The number of rotatable bonds is 2. The fourth-order valence-electron chi connectivity index (χ4n) is 2.57. The first kappa shape index (κ1) is 10.3. The van der Waals surface area contributed by atoms with Crippen molar-refractivity contribution in [2.24, 2.45) is 0 Å². The van der Waals surface area contributed by atoms with E-state index in [1.54, 1.807) is 10.7 Å². The first-order valence-electron chi connectivity index (χ1n) is 5.81. The number of hydrogen-bond donors (Lipinski definition) is 1. The van der Waals surface area contributed by atoms with Gasteiger partial charge in [-0.2, -0.15) is 0 Å². The number of carbonyl (C=O) groups is 1. The van der Waals surface area contributed by atoms with Gasteiger partial charge in [-0.25, -0.2) is 14.8 Å². The average molecular weight is 231 g/mol. The molecule has 3 rings (SSSR count). The second-order valence-electron chi connectivity index (χ2n) is 4.49. The fourth-order valence-corrected chi connectivity index (χ4v) is 2.57. The number of carboxylic acid groups (broad SMARTS) is 1. The Bertz CT molecular complexity index is 570. The van der Waals surface area contributed by atoms with Gasteiger partial charge in [-0.15, -0.1) is 0 Å². The lowest BCUT2D eigenvalue weighted by atomic mass is 10.0. The van der Waals surface area contributed by atoms with Crippen LogP contribution in [0.2, 0.25) is 0 Å². The molecule has 1 saturated carbocycles. The van der Waals surface area contributed by atoms with E-state index in [2.05, 4.69) is 9.97 Å². The summed E-state index contributed by atoms with van der Waals surface area (Å²) in [7, 11) is 0. The van der Waals surface area contributed by atoms with Gasteiger partial charge in [0.2, 0.25) is 0 Å². The molecule has 5 nitrogen and oxygen atoms in total. The standard InChI is InChI=1S/C12H13N3O2/c16-12(17)10-6-15-7-13-5-9(11(15)14-10)8-3-1-2-4-8/h5-8H,1-4H2,(H,16,17). The molecule has 0 radical (unpaired) electrons. The third-order valence-corrected chi connectivity index (χ3v) is 3.41. The molecule has 17 heavy (non-hydrogen) atoms. The zero-order valence-electron chi connectivity index (χ0n) is 9.33. The second kappa shape index (κ2) is 3.84. The maximum absolute atomic E-state index is 10.9. The Morgan fingerprint density at radius 1 is 1.41 bits per heavy atom. The minimum atomic E-state index is -0.994. The highest BCUT2D eigenvalue weighted by molar-refractivity contribution is 5.86. The van der Waals surface area contributed by atoms with Crippen molar-refractivity contribution < 1.29 is 9.90 Å². The van der Waals surface area contributed by atoms with Gasteiger partial charge >= 0.3 is 5.97 Å². The van der Waals surface area contributed by atoms with Crippen molar-refractivity contribution >= 4 is 11.6 Å². The van der Waals surface area contributed by atoms with Crippen molar-refractivity contribution in [2.75, 3.05) is 0 Å². The Kier molecular flexibility index (Phi) is 2.31. The van der Waals surface area contributed by atoms with Crippen LogP contribution in [0.4, 0.5) is 0 Å². The minimum Gasteiger partial charge on any atom is -0.476 e. The third-order valence-electron chi connectivity index (χ3n) is 3.41. The lowest BCUT2D eigenvalue weighted by Gasteiger charge is -2.09. The molecule has 0 aromatic carbocycles. The maximum atomic E-state index is 10.9. The molecule has 0 amide bonds. The minimum absolute atomic E-state index is 0.0808. The molecule has 5 heteroatoms. The van der Waals surface area contributed by atoms with Gasteiger partial charge in [0.1, 0.15) is 12.0 Å². The van der Waals surface area contributed by atoms with Crippen LogP contribution in [0.3, 0.4) is 0 Å². The zero-order valence-corrected chi connectivity index (χ0v) is 9.33. The van der Waals surface area contributed by atoms with E-state index < -0.39 is 5.97 Å². The van der Waals surface area contributed by atoms with E-state index in [0.29, 0.717) is 5.92 Å². The largest absolute Gasteiger partial charge is 0.476 e. The van der Waals surface area contributed by atoms with Crippen molar-refractivity contribution in [2.45, 2.75) is 31.6 Å². The van der Waals surface area contributed by atoms with Crippen LogP contribution in [-0.4, -0.2) is 25.4 Å². The van der Waals surface area contributed by atoms with Gasteiger partial charge in [0.05, 0.1) is 0 Å². The molecule has 1 aliphatic rings. The van der Waals surface area contributed by atoms with E-state index in [1.165, 1.54) is 19.0 Å². The summed E-state index contributed by atoms with van der Waals surface area (Å²) in [5, 5.41) is 8.95. The maximum Gasteiger partial charge on any atom is 0.356 e. The molecule has 0 atom stereocenters. The molecule has 0 spiro atoms. The lowest BCUT2D eigenvalue weighted by Crippen LogP contribution is -1.99. The summed E-state index contributed by atoms with van der Waals surface area (Å²) in [6.45, 7) is 0. The summed E-state index contributed by atoms with van der Waals surface area (Å²) in [6, 6.07) is 0. The van der Waals surface area contributed by atoms with Crippen molar-refractivity contribution in [3.8, 4) is 0 Å². The normalized spacial score (nSPS) is 16.7. The molecule has 2 aromatic heterocycles. The summed E-state index contributed by atoms with van der Waals surface area (Å²) in [6.07, 6.45) is 9.71. The zero-order chi connectivity index (χ0) is 11.8. The molecule has 0 unspecified atom stereocenters. The lowest BCUT2D eigenvalue weighted by molar-refractivity contribution is 0.0691. The molecular formula is C12H13N3O2. The molecule has 88 valence electrons. The number of aromatic nitrogens is 3. The second-order valence-corrected chi connectivity index (χ2v) is 4.49. The van der Waals surface area contributed by atoms with Gasteiger partial charge in [0.15, 0.2) is 5.69 Å². The van der Waals surface area contributed by atoms with Crippen LogP contribution in [0.1, 0.15) is 47.7 Å². The number of imidazole rings is 1. The van der Waals surface area contributed by atoms with Crippen molar-refractivity contribution in [1.82, 2.24) is 14.4 Å². The van der Waals surface area contributed by atoms with Crippen LogP contribution in [0, 0.1) is 0 Å². The molecule has 1 N–H and O–H groups in total. The van der Waals surface area contributed by atoms with E-state index in [4.69, 9.17) is 5.11 Å². The summed E-state index contributed by atoms with van der Waals surface area (Å²) in [5.74, 6) is -0.513. The summed E-state index contributed by atoms with van der Waals surface area (Å²) < 4.78 is 1.71. The Hall–Kier alpha value is -1.91. The number of nitrogens with zero attached hydrogens (tertiary/aromatic N) is 3. The highest BCUT2D eigenvalue weighted by atomic mass is 16.4. The summed E-state index contributed by atoms with van der Waals surface area (Å²) in [5.41, 5.74) is 1.90. The van der Waals surface area contributed by atoms with E-state index >= 15 is 0 Å². The van der Waals surface area contributed by atoms with Crippen molar-refractivity contribution in [3.63, 3.8) is 0 Å². The Morgan fingerprint density at radius 2 is 2.18 bits per heavy atom. The van der Waals surface area contributed by atoms with Crippen LogP contribution in [0.25, 0.3) is 5.65 Å². The number of hydrogen-bond acceptors (Lipinski definition) is 3. The van der Waals surface area contributed by atoms with E-state index in [0.717, 1.165) is 24.1 Å². The van der Waals surface area contributed by atoms with Crippen LogP contribution in [-0.2, 0) is 0 Å². The quantitative estimate of drug-likeness (QED) is 0.859. The number of carboxylic acids is 1. The predicted octanol–water partition coefficient (Wildman–Crippen LogP) is 2.09. The summed E-state index contributed by atoms with van der Waals surface area (Å²) >= 11 is 0. The molecule has 1 aliphatic carbocycles. The van der Waals surface area contributed by atoms with Gasteiger partial charge in [-0.05, 0) is 18.8 Å². The summed E-state index contributed by atoms with van der Waals surface area (Å²) in [4.78, 5) is 19.2. The predicted molar refractivity (Wildman–Crippen MR) is 61.2 cm³/mol. The smallest absolute Gasteiger partial charge is 0.356 e. The molecule has 0 aliphatic heterocycles. The molecular weight excluding hydrogens is 218 g/mol. The van der Waals surface area contributed by atoms with Crippen molar-refractivity contribution in [3.05, 3.63) is 30.0 Å². The molecule has 0 bridgehead atoms. The van der Waals surface area contributed by atoms with Crippen molar-refractivity contribution in [1.29, 1.82) is 0 Å². The van der Waals surface area contributed by atoms with Gasteiger partial charge in [-0.3, -0.25) is 4.40 Å². The van der Waals surface area contributed by atoms with Crippen LogP contribution in [0.5, 0.6) is 0 Å². The first-order chi connectivity index (χ1) is 8.25. The molecule has 0 saturated heterocycles. The van der Waals surface area contributed by atoms with Gasteiger partial charge in [0.25, 0.3) is 0 Å². The van der Waals surface area contributed by atoms with E-state index in [1.807, 2.05) is 6.20 Å². The number of fused-ring (bicyclic) bond motifs is 1. The van der Waals surface area contributed by atoms with E-state index in [9.17, 15) is 4.79 Å². The first-order valence-corrected chi connectivity index (χ1v) is 5.81. The van der Waals surface area contributed by atoms with Gasteiger partial charge in [-0.1, -0.05) is 12.8 Å². The fraction of sp³-hybridized carbons (Fsp3) is 0.417. The Balaban J connectivity index is 2.14. The van der Waals surface area contributed by atoms with Crippen LogP contribution >= 0.6 is 0 Å². The Labute approximate surface area is 98.1 Å². The van der Waals surface area contributed by atoms with E-state index in [-0.39, 0.29) is 5.69 Å². The SMILES string of the molecule is O=C(O)c1cn2cncc(C3CCCC3)c2n1. The average Bonchev–Trinajstić information content (AvgIpc) is 2.97. The molecule has 2 aromatic rings. The van der Waals surface area contributed by atoms with Gasteiger partial charge in [0, 0.05) is 18.0 Å². The Morgan fingerprint density at radius 3 is 2.88 bits per heavy atom.